The summed E-state index contributed by atoms with van der Waals surface area (Å²) in [6.45, 7) is 9.84. The van der Waals surface area contributed by atoms with Gasteiger partial charge in [0, 0.05) is 41.9 Å². The van der Waals surface area contributed by atoms with E-state index >= 15 is 0 Å². The number of anilines is 1. The van der Waals surface area contributed by atoms with Crippen molar-refractivity contribution < 1.29 is 0 Å². The number of nitrogen functional groups attached to an aromatic ring is 1. The summed E-state index contributed by atoms with van der Waals surface area (Å²) in [5.41, 5.74) is 7.90. The van der Waals surface area contributed by atoms with E-state index in [0.717, 1.165) is 49.0 Å². The summed E-state index contributed by atoms with van der Waals surface area (Å²) in [5, 5.41) is 0.784. The second-order valence-corrected chi connectivity index (χ2v) is 5.61. The number of halogens is 1. The van der Waals surface area contributed by atoms with Crippen LogP contribution in [0.25, 0.3) is 0 Å². The van der Waals surface area contributed by atoms with Gasteiger partial charge in [-0.25, -0.2) is 0 Å². The highest BCUT2D eigenvalue weighted by Gasteiger charge is 2.26. The molecule has 1 unspecified atom stereocenters. The molecule has 1 heterocycles. The van der Waals surface area contributed by atoms with Crippen LogP contribution in [-0.2, 0) is 6.54 Å². The Hall–Kier alpha value is -0.770. The van der Waals surface area contributed by atoms with Crippen LogP contribution in [0, 0.1) is 0 Å². The third-order valence-corrected chi connectivity index (χ3v) is 4.47. The van der Waals surface area contributed by atoms with Crippen LogP contribution in [0.3, 0.4) is 0 Å². The number of nitrogens with two attached hydrogens (primary N) is 1. The maximum Gasteiger partial charge on any atom is 0.0471 e. The average molecular weight is 282 g/mol. The third-order valence-electron chi connectivity index (χ3n) is 4.11. The lowest BCUT2D eigenvalue weighted by Gasteiger charge is -2.26. The van der Waals surface area contributed by atoms with E-state index < -0.39 is 0 Å². The molecule has 0 spiro atoms. The highest BCUT2D eigenvalue weighted by atomic mass is 35.5. The fraction of sp³-hybridized carbons (Fsp3) is 0.600. The van der Waals surface area contributed by atoms with Gasteiger partial charge in [0.15, 0.2) is 0 Å². The van der Waals surface area contributed by atoms with Crippen LogP contribution in [0.5, 0.6) is 0 Å². The fourth-order valence-electron chi connectivity index (χ4n) is 2.96. The molecule has 0 radical (unpaired) electrons. The van der Waals surface area contributed by atoms with Crippen molar-refractivity contribution in [2.75, 3.05) is 31.9 Å². The largest absolute Gasteiger partial charge is 0.398 e. The minimum absolute atomic E-state index is 0.679. The molecule has 0 aliphatic carbocycles. The van der Waals surface area contributed by atoms with Crippen molar-refractivity contribution in [1.29, 1.82) is 0 Å². The van der Waals surface area contributed by atoms with Crippen molar-refractivity contribution >= 4 is 17.3 Å². The van der Waals surface area contributed by atoms with Gasteiger partial charge in [0.05, 0.1) is 0 Å². The van der Waals surface area contributed by atoms with Gasteiger partial charge in [-0.3, -0.25) is 9.80 Å². The first-order chi connectivity index (χ1) is 9.15. The standard InChI is InChI=1S/C15H24ClN3/c1-3-19(4-2)12-8-9-18(10-12)11-13-14(16)6-5-7-15(13)17/h5-7,12H,3-4,8-11,17H2,1-2H3. The Morgan fingerprint density at radius 3 is 2.74 bits per heavy atom. The van der Waals surface area contributed by atoms with Gasteiger partial charge in [-0.1, -0.05) is 31.5 Å². The molecule has 1 aliphatic heterocycles. The zero-order valence-corrected chi connectivity index (χ0v) is 12.7. The lowest BCUT2D eigenvalue weighted by Crippen LogP contribution is -2.37. The quantitative estimate of drug-likeness (QED) is 0.843. The van der Waals surface area contributed by atoms with Gasteiger partial charge in [0.2, 0.25) is 0 Å². The average Bonchev–Trinajstić information content (AvgIpc) is 2.84. The van der Waals surface area contributed by atoms with Crippen LogP contribution in [0.2, 0.25) is 5.02 Å². The molecule has 3 nitrogen and oxygen atoms in total. The van der Waals surface area contributed by atoms with Gasteiger partial charge in [0.1, 0.15) is 0 Å². The summed E-state index contributed by atoms with van der Waals surface area (Å²) in [4.78, 5) is 5.00. The summed E-state index contributed by atoms with van der Waals surface area (Å²) in [6, 6.07) is 6.44. The predicted octanol–water partition coefficient (Wildman–Crippen LogP) is 2.84. The number of rotatable bonds is 5. The van der Waals surface area contributed by atoms with Gasteiger partial charge in [-0.2, -0.15) is 0 Å². The Balaban J connectivity index is 1.99. The molecule has 0 bridgehead atoms. The summed E-state index contributed by atoms with van der Waals surface area (Å²) in [5.74, 6) is 0. The van der Waals surface area contributed by atoms with E-state index in [1.807, 2.05) is 18.2 Å². The molecule has 1 aromatic carbocycles. The Kier molecular flexibility index (Phi) is 5.08. The molecule has 2 N–H and O–H groups in total. The summed E-state index contributed by atoms with van der Waals surface area (Å²) < 4.78 is 0. The SMILES string of the molecule is CCN(CC)C1CCN(Cc2c(N)cccc2Cl)C1. The molecule has 0 amide bonds. The van der Waals surface area contributed by atoms with E-state index in [-0.39, 0.29) is 0 Å². The smallest absolute Gasteiger partial charge is 0.0471 e. The van der Waals surface area contributed by atoms with Gasteiger partial charge in [-0.05, 0) is 31.6 Å². The normalized spacial score (nSPS) is 20.3. The van der Waals surface area contributed by atoms with Crippen LogP contribution in [0.15, 0.2) is 18.2 Å². The maximum absolute atomic E-state index is 6.24. The topological polar surface area (TPSA) is 32.5 Å². The Morgan fingerprint density at radius 1 is 1.37 bits per heavy atom. The zero-order chi connectivity index (χ0) is 13.8. The first-order valence-corrected chi connectivity index (χ1v) is 7.52. The molecule has 106 valence electrons. The number of likely N-dealkylation sites (N-methyl/N-ethyl adjacent to an activating group) is 1. The first-order valence-electron chi connectivity index (χ1n) is 7.15. The van der Waals surface area contributed by atoms with E-state index in [4.69, 9.17) is 17.3 Å². The molecule has 1 atom stereocenters. The second-order valence-electron chi connectivity index (χ2n) is 5.21. The zero-order valence-electron chi connectivity index (χ0n) is 11.9. The molecule has 1 fully saturated rings. The van der Waals surface area contributed by atoms with E-state index in [1.54, 1.807) is 0 Å². The van der Waals surface area contributed by atoms with Crippen molar-refractivity contribution in [3.8, 4) is 0 Å². The second kappa shape index (κ2) is 6.60. The Morgan fingerprint density at radius 2 is 2.11 bits per heavy atom. The van der Waals surface area contributed by atoms with Gasteiger partial charge in [-0.15, -0.1) is 0 Å². The van der Waals surface area contributed by atoms with Crippen molar-refractivity contribution in [2.45, 2.75) is 32.9 Å². The van der Waals surface area contributed by atoms with Crippen LogP contribution in [0.1, 0.15) is 25.8 Å². The van der Waals surface area contributed by atoms with Gasteiger partial charge >= 0.3 is 0 Å². The van der Waals surface area contributed by atoms with E-state index in [1.165, 1.54) is 6.42 Å². The molecular formula is C15H24ClN3. The maximum atomic E-state index is 6.24. The number of likely N-dealkylation sites (tertiary alicyclic amines) is 1. The van der Waals surface area contributed by atoms with Crippen molar-refractivity contribution in [3.05, 3.63) is 28.8 Å². The minimum Gasteiger partial charge on any atom is -0.398 e. The number of hydrogen-bond donors (Lipinski definition) is 1. The third kappa shape index (κ3) is 3.41. The molecule has 4 heteroatoms. The Labute approximate surface area is 121 Å². The molecule has 19 heavy (non-hydrogen) atoms. The van der Waals surface area contributed by atoms with Crippen LogP contribution >= 0.6 is 11.6 Å². The van der Waals surface area contributed by atoms with Crippen molar-refractivity contribution in [1.82, 2.24) is 9.80 Å². The van der Waals surface area contributed by atoms with Crippen molar-refractivity contribution in [3.63, 3.8) is 0 Å². The summed E-state index contributed by atoms with van der Waals surface area (Å²) >= 11 is 6.24. The number of nitrogens with zero attached hydrogens (tertiary/aromatic N) is 2. The fourth-order valence-corrected chi connectivity index (χ4v) is 3.20. The molecule has 1 aliphatic rings. The molecule has 2 rings (SSSR count). The first kappa shape index (κ1) is 14.6. The molecule has 0 saturated carbocycles. The van der Waals surface area contributed by atoms with Crippen LogP contribution in [0.4, 0.5) is 5.69 Å². The highest BCUT2D eigenvalue weighted by Crippen LogP contribution is 2.26. The molecule has 0 aromatic heterocycles. The van der Waals surface area contributed by atoms with E-state index in [2.05, 4.69) is 23.6 Å². The predicted molar refractivity (Wildman–Crippen MR) is 82.5 cm³/mol. The number of benzene rings is 1. The summed E-state index contributed by atoms with van der Waals surface area (Å²) in [6.07, 6.45) is 1.24. The van der Waals surface area contributed by atoms with Crippen molar-refractivity contribution in [2.24, 2.45) is 0 Å². The molecule has 1 saturated heterocycles. The monoisotopic (exact) mass is 281 g/mol. The number of hydrogen-bond acceptors (Lipinski definition) is 3. The Bertz CT molecular complexity index is 398. The van der Waals surface area contributed by atoms with Crippen LogP contribution in [-0.4, -0.2) is 42.0 Å². The molecular weight excluding hydrogens is 258 g/mol. The molecule has 1 aromatic rings. The van der Waals surface area contributed by atoms with Crippen LogP contribution < -0.4 is 5.73 Å². The van der Waals surface area contributed by atoms with Gasteiger partial charge in [0.25, 0.3) is 0 Å². The van der Waals surface area contributed by atoms with Gasteiger partial charge < -0.3 is 5.73 Å². The lowest BCUT2D eigenvalue weighted by atomic mass is 10.1. The minimum atomic E-state index is 0.679. The van der Waals surface area contributed by atoms with E-state index in [0.29, 0.717) is 6.04 Å². The highest BCUT2D eigenvalue weighted by molar-refractivity contribution is 6.31. The lowest BCUT2D eigenvalue weighted by molar-refractivity contribution is 0.209. The summed E-state index contributed by atoms with van der Waals surface area (Å²) in [7, 11) is 0. The van der Waals surface area contributed by atoms with E-state index in [9.17, 15) is 0 Å².